The summed E-state index contributed by atoms with van der Waals surface area (Å²) in [6, 6.07) is 8.12. The van der Waals surface area contributed by atoms with E-state index in [1.54, 1.807) is 0 Å². The molecule has 1 aromatic rings. The number of unbranched alkanes of at least 4 members (excludes halogenated alkanes) is 1. The molecule has 0 atom stereocenters. The zero-order valence-corrected chi connectivity index (χ0v) is 11.8. The van der Waals surface area contributed by atoms with E-state index in [0.29, 0.717) is 0 Å². The van der Waals surface area contributed by atoms with Crippen LogP contribution < -0.4 is 5.32 Å². The maximum Gasteiger partial charge on any atom is 0.0380 e. The van der Waals surface area contributed by atoms with Crippen LogP contribution in [-0.4, -0.2) is 12.2 Å². The lowest BCUT2D eigenvalue weighted by atomic mass is 10.1. The topological polar surface area (TPSA) is 32.3 Å². The van der Waals surface area contributed by atoms with Crippen LogP contribution in [0.2, 0.25) is 0 Å². The minimum atomic E-state index is 0.909. The average molecular weight is 257 g/mol. The Hall–Kier alpha value is -2.02. The van der Waals surface area contributed by atoms with E-state index in [9.17, 15) is 0 Å². The predicted octanol–water partition coefficient (Wildman–Crippen LogP) is 3.97. The van der Waals surface area contributed by atoms with Crippen LogP contribution in [0.4, 0.5) is 0 Å². The first-order valence-electron chi connectivity index (χ1n) is 6.29. The lowest BCUT2D eigenvalue weighted by Gasteiger charge is -2.05. The van der Waals surface area contributed by atoms with Gasteiger partial charge in [-0.05, 0) is 29.8 Å². The fourth-order valence-corrected chi connectivity index (χ4v) is 1.39. The molecule has 0 aromatic heterocycles. The number of hydrogen-bond donors (Lipinski definition) is 2. The van der Waals surface area contributed by atoms with Crippen LogP contribution in [0.1, 0.15) is 30.9 Å². The molecule has 0 spiro atoms. The third-order valence-corrected chi connectivity index (χ3v) is 2.36. The van der Waals surface area contributed by atoms with Crippen molar-refractivity contribution in [2.75, 3.05) is 7.11 Å². The highest BCUT2D eigenvalue weighted by molar-refractivity contribution is 5.64. The summed E-state index contributed by atoms with van der Waals surface area (Å²) in [6.45, 7) is 9.71. The predicted molar refractivity (Wildman–Crippen MR) is 84.4 cm³/mol. The van der Waals surface area contributed by atoms with Crippen molar-refractivity contribution in [3.05, 3.63) is 66.6 Å². The lowest BCUT2D eigenvalue weighted by Crippen LogP contribution is -2.01. The number of aliphatic hydroxyl groups excluding tert-OH is 1. The summed E-state index contributed by atoms with van der Waals surface area (Å²) in [7, 11) is 1.00. The Morgan fingerprint density at radius 1 is 1.32 bits per heavy atom. The van der Waals surface area contributed by atoms with Crippen LogP contribution >= 0.6 is 0 Å². The van der Waals surface area contributed by atoms with E-state index in [0.717, 1.165) is 36.8 Å². The van der Waals surface area contributed by atoms with Gasteiger partial charge in [-0.1, -0.05) is 56.8 Å². The third kappa shape index (κ3) is 7.10. The van der Waals surface area contributed by atoms with Gasteiger partial charge in [-0.25, -0.2) is 0 Å². The second kappa shape index (κ2) is 11.1. The van der Waals surface area contributed by atoms with Gasteiger partial charge in [0.25, 0.3) is 0 Å². The molecule has 0 amide bonds. The monoisotopic (exact) mass is 257 g/mol. The molecule has 0 radical (unpaired) electrons. The highest BCUT2D eigenvalue weighted by Crippen LogP contribution is 2.11. The van der Waals surface area contributed by atoms with Gasteiger partial charge in [0.1, 0.15) is 0 Å². The number of rotatable bonds is 6. The normalized spacial score (nSPS) is 9.21. The van der Waals surface area contributed by atoms with Gasteiger partial charge in [0, 0.05) is 12.8 Å². The second-order valence-electron chi connectivity index (χ2n) is 3.78. The van der Waals surface area contributed by atoms with Crippen molar-refractivity contribution < 1.29 is 5.11 Å². The minimum Gasteiger partial charge on any atom is -0.400 e. The van der Waals surface area contributed by atoms with Crippen LogP contribution in [-0.2, 0) is 0 Å². The highest BCUT2D eigenvalue weighted by Gasteiger charge is 1.95. The maximum absolute atomic E-state index is 7.00. The number of nitrogens with one attached hydrogen (secondary N) is 1. The number of allylic oxidation sites excluding steroid dienone is 1. The van der Waals surface area contributed by atoms with Gasteiger partial charge >= 0.3 is 0 Å². The molecule has 102 valence electrons. The molecule has 0 aliphatic rings. The Morgan fingerprint density at radius 3 is 2.47 bits per heavy atom. The number of benzene rings is 1. The van der Waals surface area contributed by atoms with Crippen molar-refractivity contribution in [2.45, 2.75) is 19.8 Å². The lowest BCUT2D eigenvalue weighted by molar-refractivity contribution is 0.399. The van der Waals surface area contributed by atoms with Crippen molar-refractivity contribution in [1.82, 2.24) is 5.32 Å². The van der Waals surface area contributed by atoms with Gasteiger partial charge in [0.2, 0.25) is 0 Å². The zero-order valence-electron chi connectivity index (χ0n) is 11.8. The van der Waals surface area contributed by atoms with Crippen molar-refractivity contribution in [3.8, 4) is 0 Å². The summed E-state index contributed by atoms with van der Waals surface area (Å²) in [5.41, 5.74) is 5.85. The quantitative estimate of drug-likeness (QED) is 0.756. The Morgan fingerprint density at radius 2 is 1.95 bits per heavy atom. The van der Waals surface area contributed by atoms with E-state index in [2.05, 4.69) is 37.2 Å². The molecule has 0 heterocycles. The molecule has 0 aliphatic heterocycles. The van der Waals surface area contributed by atoms with Gasteiger partial charge in [0.05, 0.1) is 0 Å². The molecular weight excluding hydrogens is 234 g/mol. The molecule has 1 aromatic carbocycles. The summed E-state index contributed by atoms with van der Waals surface area (Å²) >= 11 is 0. The Bertz CT molecular complexity index is 437. The fraction of sp³-hybridized carbons (Fsp3) is 0.235. The van der Waals surface area contributed by atoms with E-state index < -0.39 is 0 Å². The number of hydrogen-bond acceptors (Lipinski definition) is 2. The van der Waals surface area contributed by atoms with Gasteiger partial charge < -0.3 is 10.4 Å². The zero-order chi connectivity index (χ0) is 14.5. The Kier molecular flexibility index (Phi) is 9.91. The first kappa shape index (κ1) is 17.0. The highest BCUT2D eigenvalue weighted by atomic mass is 16.2. The third-order valence-electron chi connectivity index (χ3n) is 2.36. The van der Waals surface area contributed by atoms with Crippen molar-refractivity contribution >= 4 is 11.8 Å². The number of aliphatic hydroxyl groups is 1. The molecule has 0 aliphatic carbocycles. The summed E-state index contributed by atoms with van der Waals surface area (Å²) in [5.74, 6) is 0. The van der Waals surface area contributed by atoms with Crippen LogP contribution in [0.3, 0.4) is 0 Å². The van der Waals surface area contributed by atoms with E-state index in [4.69, 9.17) is 5.11 Å². The maximum atomic E-state index is 7.00. The summed E-state index contributed by atoms with van der Waals surface area (Å²) < 4.78 is 0. The molecule has 0 bridgehead atoms. The van der Waals surface area contributed by atoms with Gasteiger partial charge in [0.15, 0.2) is 0 Å². The van der Waals surface area contributed by atoms with E-state index in [1.807, 2.05) is 36.5 Å². The molecule has 1 rings (SSSR count). The smallest absolute Gasteiger partial charge is 0.0380 e. The fourth-order valence-electron chi connectivity index (χ4n) is 1.39. The summed E-state index contributed by atoms with van der Waals surface area (Å²) in [5, 5.41) is 10.2. The molecule has 19 heavy (non-hydrogen) atoms. The van der Waals surface area contributed by atoms with Crippen molar-refractivity contribution in [3.63, 3.8) is 0 Å². The van der Waals surface area contributed by atoms with Crippen LogP contribution in [0.5, 0.6) is 0 Å². The van der Waals surface area contributed by atoms with Crippen molar-refractivity contribution in [2.24, 2.45) is 0 Å². The Labute approximate surface area is 116 Å². The van der Waals surface area contributed by atoms with Crippen LogP contribution in [0.15, 0.2) is 55.4 Å². The molecule has 0 saturated carbocycles. The van der Waals surface area contributed by atoms with E-state index in [1.165, 1.54) is 0 Å². The molecular formula is C17H23NO. The SMILES string of the molecule is C=C=Cc1ccc(C(=C)N/C=C\CCC)cc1.CO. The average Bonchev–Trinajstić information content (AvgIpc) is 2.47. The molecule has 2 N–H and O–H groups in total. The Balaban J connectivity index is 0.00000154. The summed E-state index contributed by atoms with van der Waals surface area (Å²) in [6.07, 6.45) is 8.15. The first-order valence-corrected chi connectivity index (χ1v) is 6.29. The molecule has 2 nitrogen and oxygen atoms in total. The van der Waals surface area contributed by atoms with Crippen LogP contribution in [0, 0.1) is 0 Å². The van der Waals surface area contributed by atoms with Gasteiger partial charge in [-0.2, -0.15) is 0 Å². The molecule has 2 heteroatoms. The van der Waals surface area contributed by atoms with E-state index in [-0.39, 0.29) is 0 Å². The summed E-state index contributed by atoms with van der Waals surface area (Å²) in [4.78, 5) is 0. The molecule has 0 fully saturated rings. The first-order chi connectivity index (χ1) is 9.27. The largest absolute Gasteiger partial charge is 0.400 e. The molecule has 0 saturated heterocycles. The second-order valence-corrected chi connectivity index (χ2v) is 3.78. The van der Waals surface area contributed by atoms with Crippen LogP contribution in [0.25, 0.3) is 11.8 Å². The van der Waals surface area contributed by atoms with Gasteiger partial charge in [-0.3, -0.25) is 0 Å². The van der Waals surface area contributed by atoms with Gasteiger partial charge in [-0.15, -0.1) is 5.73 Å². The minimum absolute atomic E-state index is 0.909. The van der Waals surface area contributed by atoms with E-state index >= 15 is 0 Å². The standard InChI is InChI=1S/C16H19N.CH4O/c1-4-6-7-13-17-14(3)16-11-9-15(8-5-2)10-12-16;1-2/h7-13,17H,2-4,6H2,1H3;2H,1H3/b13-7-;. The van der Waals surface area contributed by atoms with Crippen molar-refractivity contribution in [1.29, 1.82) is 0 Å². The molecule has 0 unspecified atom stereocenters.